The Balaban J connectivity index is 1.52. The average Bonchev–Trinajstić information content (AvgIpc) is 3.15. The van der Waals surface area contributed by atoms with Gasteiger partial charge in [-0.3, -0.25) is 10.0 Å². The van der Waals surface area contributed by atoms with Crippen molar-refractivity contribution in [3.8, 4) is 11.1 Å². The van der Waals surface area contributed by atoms with E-state index < -0.39 is 5.91 Å². The van der Waals surface area contributed by atoms with Gasteiger partial charge < -0.3 is 4.98 Å². The third-order valence-corrected chi connectivity index (χ3v) is 4.60. The van der Waals surface area contributed by atoms with Gasteiger partial charge in [0.25, 0.3) is 5.91 Å². The van der Waals surface area contributed by atoms with Crippen molar-refractivity contribution in [2.24, 2.45) is 0 Å². The van der Waals surface area contributed by atoms with Gasteiger partial charge in [0.1, 0.15) is 11.6 Å². The molecule has 0 aliphatic carbocycles. The number of halogens is 1. The molecule has 0 saturated heterocycles. The Morgan fingerprint density at radius 2 is 1.76 bits per heavy atom. The van der Waals surface area contributed by atoms with E-state index in [1.165, 1.54) is 18.2 Å². The molecular weight excluding hydrogens is 369 g/mol. The molecule has 0 saturated carbocycles. The number of H-pyrrole nitrogens is 1. The largest absolute Gasteiger partial charge is 0.342 e. The maximum Gasteiger partial charge on any atom is 0.267 e. The van der Waals surface area contributed by atoms with Gasteiger partial charge in [0.05, 0.1) is 11.0 Å². The van der Waals surface area contributed by atoms with Crippen LogP contribution < -0.4 is 5.48 Å². The Labute approximate surface area is 166 Å². The first-order valence-electron chi connectivity index (χ1n) is 9.06. The van der Waals surface area contributed by atoms with Gasteiger partial charge in [-0.1, -0.05) is 42.5 Å². The van der Waals surface area contributed by atoms with Crippen molar-refractivity contribution in [2.45, 2.75) is 6.42 Å². The molecule has 144 valence electrons. The molecule has 0 aliphatic rings. The molecule has 6 heteroatoms. The molecule has 0 radical (unpaired) electrons. The number of aromatic nitrogens is 2. The standard InChI is InChI=1S/C23H18FN3O2/c24-19-9-6-17(7-10-19)18-8-11-20-21(14-18)26-22(25-20)13-16-3-1-15(2-4-16)5-12-23(28)27-29/h1-12,14,29H,13H2,(H,25,26)(H,27,28). The number of rotatable bonds is 5. The molecule has 1 amide bonds. The Kier molecular flexibility index (Phi) is 5.18. The van der Waals surface area contributed by atoms with Gasteiger partial charge in [0.2, 0.25) is 0 Å². The third kappa shape index (κ3) is 4.39. The van der Waals surface area contributed by atoms with Crippen LogP contribution in [0, 0.1) is 5.82 Å². The molecule has 0 atom stereocenters. The summed E-state index contributed by atoms with van der Waals surface area (Å²) in [5.41, 5.74) is 7.23. The summed E-state index contributed by atoms with van der Waals surface area (Å²) in [5, 5.41) is 8.50. The van der Waals surface area contributed by atoms with Crippen molar-refractivity contribution in [2.75, 3.05) is 0 Å². The van der Waals surface area contributed by atoms with Gasteiger partial charge in [-0.05, 0) is 52.6 Å². The van der Waals surface area contributed by atoms with E-state index in [0.717, 1.165) is 39.1 Å². The highest BCUT2D eigenvalue weighted by Crippen LogP contribution is 2.24. The number of hydrogen-bond acceptors (Lipinski definition) is 3. The molecule has 0 aliphatic heterocycles. The molecule has 0 bridgehead atoms. The first-order valence-corrected chi connectivity index (χ1v) is 9.06. The van der Waals surface area contributed by atoms with Crippen LogP contribution >= 0.6 is 0 Å². The zero-order valence-electron chi connectivity index (χ0n) is 15.4. The van der Waals surface area contributed by atoms with E-state index in [9.17, 15) is 9.18 Å². The molecule has 0 fully saturated rings. The summed E-state index contributed by atoms with van der Waals surface area (Å²) < 4.78 is 13.1. The number of imidazole rings is 1. The van der Waals surface area contributed by atoms with Gasteiger partial charge in [-0.2, -0.15) is 0 Å². The van der Waals surface area contributed by atoms with Crippen LogP contribution in [0.2, 0.25) is 0 Å². The third-order valence-electron chi connectivity index (χ3n) is 4.60. The zero-order chi connectivity index (χ0) is 20.2. The van der Waals surface area contributed by atoms with Crippen LogP contribution in [0.1, 0.15) is 17.0 Å². The number of nitrogens with zero attached hydrogens (tertiary/aromatic N) is 1. The minimum absolute atomic E-state index is 0.253. The van der Waals surface area contributed by atoms with E-state index >= 15 is 0 Å². The summed E-state index contributed by atoms with van der Waals surface area (Å²) in [6.45, 7) is 0. The Morgan fingerprint density at radius 3 is 2.48 bits per heavy atom. The van der Waals surface area contributed by atoms with Gasteiger partial charge in [0.15, 0.2) is 0 Å². The topological polar surface area (TPSA) is 78.0 Å². The second-order valence-electron chi connectivity index (χ2n) is 6.65. The number of benzene rings is 3. The monoisotopic (exact) mass is 387 g/mol. The number of amides is 1. The fourth-order valence-corrected chi connectivity index (χ4v) is 3.12. The number of aromatic amines is 1. The van der Waals surface area contributed by atoms with Crippen LogP contribution in [-0.2, 0) is 11.2 Å². The van der Waals surface area contributed by atoms with Crippen LogP contribution in [0.3, 0.4) is 0 Å². The van der Waals surface area contributed by atoms with Crippen molar-refractivity contribution in [3.63, 3.8) is 0 Å². The normalized spacial score (nSPS) is 11.2. The Morgan fingerprint density at radius 1 is 1.03 bits per heavy atom. The van der Waals surface area contributed by atoms with Crippen molar-refractivity contribution in [1.29, 1.82) is 0 Å². The molecule has 0 spiro atoms. The van der Waals surface area contributed by atoms with Gasteiger partial charge >= 0.3 is 0 Å². The van der Waals surface area contributed by atoms with Crippen LogP contribution in [0.5, 0.6) is 0 Å². The number of hydroxylamine groups is 1. The van der Waals surface area contributed by atoms with Crippen LogP contribution in [-0.4, -0.2) is 21.1 Å². The summed E-state index contributed by atoms with van der Waals surface area (Å²) in [6, 6.07) is 20.1. The summed E-state index contributed by atoms with van der Waals surface area (Å²) in [7, 11) is 0. The van der Waals surface area contributed by atoms with Gasteiger partial charge in [-0.15, -0.1) is 0 Å². The van der Waals surface area contributed by atoms with E-state index in [2.05, 4.69) is 9.97 Å². The maximum absolute atomic E-state index is 13.1. The summed E-state index contributed by atoms with van der Waals surface area (Å²) in [6.07, 6.45) is 3.52. The van der Waals surface area contributed by atoms with Crippen LogP contribution in [0.4, 0.5) is 4.39 Å². The molecule has 1 aromatic heterocycles. The molecule has 0 unspecified atom stereocenters. The predicted octanol–water partition coefficient (Wildman–Crippen LogP) is 4.48. The summed E-state index contributed by atoms with van der Waals surface area (Å²) in [5.74, 6) is 0.0207. The number of carbonyl (C=O) groups excluding carboxylic acids is 1. The van der Waals surface area contributed by atoms with Crippen molar-refractivity contribution in [3.05, 3.63) is 95.6 Å². The van der Waals surface area contributed by atoms with Crippen LogP contribution in [0.15, 0.2) is 72.8 Å². The molecule has 3 aromatic carbocycles. The maximum atomic E-state index is 13.1. The molecule has 5 nitrogen and oxygen atoms in total. The van der Waals surface area contributed by atoms with E-state index in [-0.39, 0.29) is 5.82 Å². The molecule has 4 aromatic rings. The van der Waals surface area contributed by atoms with E-state index in [1.54, 1.807) is 23.7 Å². The van der Waals surface area contributed by atoms with Gasteiger partial charge in [-0.25, -0.2) is 14.9 Å². The summed E-state index contributed by atoms with van der Waals surface area (Å²) >= 11 is 0. The highest BCUT2D eigenvalue weighted by molar-refractivity contribution is 5.90. The fraction of sp³-hybridized carbons (Fsp3) is 0.0435. The highest BCUT2D eigenvalue weighted by atomic mass is 19.1. The Bertz CT molecular complexity index is 1180. The second kappa shape index (κ2) is 8.08. The first kappa shape index (κ1) is 18.6. The molecule has 4 rings (SSSR count). The molecular formula is C23H18FN3O2. The number of fused-ring (bicyclic) bond motifs is 1. The molecule has 1 heterocycles. The minimum Gasteiger partial charge on any atom is -0.342 e. The first-order chi connectivity index (χ1) is 14.1. The van der Waals surface area contributed by atoms with Gasteiger partial charge in [0, 0.05) is 12.5 Å². The van der Waals surface area contributed by atoms with E-state index in [1.807, 2.05) is 42.5 Å². The number of hydrogen-bond donors (Lipinski definition) is 3. The van der Waals surface area contributed by atoms with Crippen molar-refractivity contribution in [1.82, 2.24) is 15.4 Å². The number of carbonyl (C=O) groups is 1. The lowest BCUT2D eigenvalue weighted by Crippen LogP contribution is -2.14. The van der Waals surface area contributed by atoms with Crippen molar-refractivity contribution < 1.29 is 14.4 Å². The zero-order valence-corrected chi connectivity index (χ0v) is 15.4. The lowest BCUT2D eigenvalue weighted by molar-refractivity contribution is -0.124. The smallest absolute Gasteiger partial charge is 0.267 e. The summed E-state index contributed by atoms with van der Waals surface area (Å²) in [4.78, 5) is 19.0. The predicted molar refractivity (Wildman–Crippen MR) is 110 cm³/mol. The lowest BCUT2D eigenvalue weighted by Gasteiger charge is -2.01. The average molecular weight is 387 g/mol. The van der Waals surface area contributed by atoms with E-state index in [4.69, 9.17) is 5.21 Å². The minimum atomic E-state index is -0.573. The molecule has 3 N–H and O–H groups in total. The lowest BCUT2D eigenvalue weighted by atomic mass is 10.1. The molecule has 29 heavy (non-hydrogen) atoms. The van der Waals surface area contributed by atoms with Crippen LogP contribution in [0.25, 0.3) is 28.2 Å². The number of nitrogens with one attached hydrogen (secondary N) is 2. The van der Waals surface area contributed by atoms with E-state index in [0.29, 0.717) is 6.42 Å². The highest BCUT2D eigenvalue weighted by Gasteiger charge is 2.06. The SMILES string of the molecule is O=C(C=Cc1ccc(Cc2nc3ccc(-c4ccc(F)cc4)cc3[nH]2)cc1)NO. The quantitative estimate of drug-likeness (QED) is 0.268. The fourth-order valence-electron chi connectivity index (χ4n) is 3.12. The second-order valence-corrected chi connectivity index (χ2v) is 6.65. The Hall–Kier alpha value is -3.77. The van der Waals surface area contributed by atoms with Crippen molar-refractivity contribution >= 4 is 23.0 Å².